The van der Waals surface area contributed by atoms with E-state index in [0.717, 1.165) is 37.4 Å². The van der Waals surface area contributed by atoms with Crippen LogP contribution in [0.25, 0.3) is 0 Å². The lowest BCUT2D eigenvalue weighted by atomic mass is 9.98. The van der Waals surface area contributed by atoms with Gasteiger partial charge in [-0.05, 0) is 55.4 Å². The molecule has 0 radical (unpaired) electrons. The van der Waals surface area contributed by atoms with Crippen LogP contribution in [0, 0.1) is 11.8 Å². The standard InChI is InChI=1S/C25H33N3O5/c1-4-32-18-12-27(13-18)22-14(2)9-15(3)23(22)33-17-5-6-19-16(10-17)11-28(25(19)31)20-7-8-21(29)26-24(20)30/h5-6,10,14-15,18,20,22-23H,4,7-9,11-13H2,1-3H3,(H,26,29,30)/t14-,15+,20?,22+,23-/m1/s1. The molecule has 8 heteroatoms. The smallest absolute Gasteiger partial charge is 0.255 e. The topological polar surface area (TPSA) is 88.2 Å². The van der Waals surface area contributed by atoms with Gasteiger partial charge in [0.2, 0.25) is 11.8 Å². The molecule has 0 aromatic heterocycles. The summed E-state index contributed by atoms with van der Waals surface area (Å²) in [5.74, 6) is 0.928. The number of piperidine rings is 1. The Labute approximate surface area is 194 Å². The van der Waals surface area contributed by atoms with E-state index < -0.39 is 6.04 Å². The summed E-state index contributed by atoms with van der Waals surface area (Å²) in [6, 6.07) is 5.39. The number of benzene rings is 1. The highest BCUT2D eigenvalue weighted by atomic mass is 16.5. The molecule has 3 amide bonds. The Hall–Kier alpha value is -2.45. The largest absolute Gasteiger partial charge is 0.489 e. The number of imide groups is 1. The summed E-state index contributed by atoms with van der Waals surface area (Å²) in [7, 11) is 0. The molecular weight excluding hydrogens is 422 g/mol. The maximum absolute atomic E-state index is 12.9. The van der Waals surface area contributed by atoms with Crippen LogP contribution in [0.4, 0.5) is 0 Å². The molecule has 1 aromatic rings. The van der Waals surface area contributed by atoms with Gasteiger partial charge in [0, 0.05) is 44.3 Å². The molecule has 2 saturated heterocycles. The van der Waals surface area contributed by atoms with E-state index in [1.54, 1.807) is 4.90 Å². The summed E-state index contributed by atoms with van der Waals surface area (Å²) in [4.78, 5) is 40.8. The number of carbonyl (C=O) groups is 3. The number of hydrogen-bond donors (Lipinski definition) is 1. The molecule has 8 nitrogen and oxygen atoms in total. The summed E-state index contributed by atoms with van der Waals surface area (Å²) in [5.41, 5.74) is 1.48. The van der Waals surface area contributed by atoms with Crippen molar-refractivity contribution in [2.75, 3.05) is 19.7 Å². The van der Waals surface area contributed by atoms with Crippen molar-refractivity contribution in [3.8, 4) is 5.75 Å². The van der Waals surface area contributed by atoms with Crippen LogP contribution >= 0.6 is 0 Å². The van der Waals surface area contributed by atoms with Crippen molar-refractivity contribution in [2.45, 2.75) is 70.9 Å². The normalized spacial score (nSPS) is 32.6. The van der Waals surface area contributed by atoms with Gasteiger partial charge in [-0.25, -0.2) is 0 Å². The number of carbonyl (C=O) groups excluding carboxylic acids is 3. The summed E-state index contributed by atoms with van der Waals surface area (Å²) in [6.07, 6.45) is 2.15. The van der Waals surface area contributed by atoms with Crippen molar-refractivity contribution in [2.24, 2.45) is 11.8 Å². The maximum Gasteiger partial charge on any atom is 0.255 e. The van der Waals surface area contributed by atoms with Crippen molar-refractivity contribution in [3.05, 3.63) is 29.3 Å². The molecule has 1 aliphatic carbocycles. The zero-order chi connectivity index (χ0) is 23.3. The molecule has 3 heterocycles. The first-order chi connectivity index (χ1) is 15.9. The van der Waals surface area contributed by atoms with E-state index in [9.17, 15) is 14.4 Å². The molecule has 0 spiro atoms. The van der Waals surface area contributed by atoms with E-state index in [-0.39, 0.29) is 30.2 Å². The highest BCUT2D eigenvalue weighted by Crippen LogP contribution is 2.40. The fourth-order valence-corrected chi connectivity index (χ4v) is 6.11. The molecule has 3 fully saturated rings. The Morgan fingerprint density at radius 2 is 1.91 bits per heavy atom. The minimum Gasteiger partial charge on any atom is -0.489 e. The number of likely N-dealkylation sites (tertiary alicyclic amines) is 1. The molecule has 1 saturated carbocycles. The van der Waals surface area contributed by atoms with Crippen LogP contribution in [0.2, 0.25) is 0 Å². The molecule has 1 aromatic carbocycles. The van der Waals surface area contributed by atoms with E-state index >= 15 is 0 Å². The first-order valence-corrected chi connectivity index (χ1v) is 12.2. The Bertz CT molecular complexity index is 959. The van der Waals surface area contributed by atoms with Crippen molar-refractivity contribution < 1.29 is 23.9 Å². The second-order valence-electron chi connectivity index (χ2n) is 10.0. The van der Waals surface area contributed by atoms with Crippen molar-refractivity contribution >= 4 is 17.7 Å². The van der Waals surface area contributed by atoms with Crippen molar-refractivity contribution in [1.82, 2.24) is 15.1 Å². The second kappa shape index (κ2) is 8.72. The third kappa shape index (κ3) is 4.04. The van der Waals surface area contributed by atoms with Crippen molar-refractivity contribution in [1.29, 1.82) is 0 Å². The highest BCUT2D eigenvalue weighted by molar-refractivity contribution is 6.05. The quantitative estimate of drug-likeness (QED) is 0.660. The fraction of sp³-hybridized carbons (Fsp3) is 0.640. The van der Waals surface area contributed by atoms with Crippen LogP contribution in [0.3, 0.4) is 0 Å². The molecule has 3 aliphatic heterocycles. The average Bonchev–Trinajstić information content (AvgIpc) is 3.20. The predicted molar refractivity (Wildman–Crippen MR) is 121 cm³/mol. The number of rotatable bonds is 6. The zero-order valence-electron chi connectivity index (χ0n) is 19.6. The van der Waals surface area contributed by atoms with Gasteiger partial charge in [-0.15, -0.1) is 0 Å². The zero-order valence-corrected chi connectivity index (χ0v) is 19.6. The number of fused-ring (bicyclic) bond motifs is 1. The van der Waals surface area contributed by atoms with Gasteiger partial charge >= 0.3 is 0 Å². The summed E-state index contributed by atoms with van der Waals surface area (Å²) in [5, 5.41) is 2.35. The van der Waals surface area contributed by atoms with Gasteiger partial charge < -0.3 is 14.4 Å². The van der Waals surface area contributed by atoms with E-state index in [1.165, 1.54) is 0 Å². The highest BCUT2D eigenvalue weighted by Gasteiger charge is 2.47. The van der Waals surface area contributed by atoms with Gasteiger partial charge in [0.05, 0.1) is 6.10 Å². The molecule has 33 heavy (non-hydrogen) atoms. The number of nitrogens with zero attached hydrogens (tertiary/aromatic N) is 2. The maximum atomic E-state index is 12.9. The Morgan fingerprint density at radius 3 is 2.64 bits per heavy atom. The summed E-state index contributed by atoms with van der Waals surface area (Å²) in [6.45, 7) is 9.61. The minimum atomic E-state index is -0.600. The van der Waals surface area contributed by atoms with Crippen molar-refractivity contribution in [3.63, 3.8) is 0 Å². The first kappa shape index (κ1) is 22.3. The number of amides is 3. The molecule has 1 unspecified atom stereocenters. The van der Waals surface area contributed by atoms with Gasteiger partial charge in [0.1, 0.15) is 17.9 Å². The summed E-state index contributed by atoms with van der Waals surface area (Å²) >= 11 is 0. The van der Waals surface area contributed by atoms with Gasteiger partial charge in [-0.3, -0.25) is 24.6 Å². The molecular formula is C25H33N3O5. The fourth-order valence-electron chi connectivity index (χ4n) is 6.11. The van der Waals surface area contributed by atoms with E-state index in [1.807, 2.05) is 25.1 Å². The molecule has 178 valence electrons. The molecule has 0 bridgehead atoms. The number of ether oxygens (including phenoxy) is 2. The third-order valence-electron chi connectivity index (χ3n) is 7.69. The SMILES string of the molecule is CCOC1CN([C@@H]2[C@H](Oc3ccc4c(c3)CN(C3CCC(=O)NC3=O)C4=O)[C@@H](C)C[C@H]2C)C1. The van der Waals surface area contributed by atoms with Crippen LogP contribution in [0.15, 0.2) is 18.2 Å². The lowest BCUT2D eigenvalue weighted by Crippen LogP contribution is -2.60. The van der Waals surface area contributed by atoms with Crippen LogP contribution in [-0.4, -0.2) is 71.5 Å². The predicted octanol–water partition coefficient (Wildman–Crippen LogP) is 1.96. The van der Waals surface area contributed by atoms with Crippen LogP contribution in [-0.2, 0) is 20.9 Å². The van der Waals surface area contributed by atoms with Gasteiger partial charge in [0.25, 0.3) is 5.91 Å². The van der Waals surface area contributed by atoms with Gasteiger partial charge in [0.15, 0.2) is 0 Å². The van der Waals surface area contributed by atoms with Crippen LogP contribution < -0.4 is 10.1 Å². The molecule has 5 rings (SSSR count). The second-order valence-corrected chi connectivity index (χ2v) is 10.0. The monoisotopic (exact) mass is 455 g/mol. The van der Waals surface area contributed by atoms with E-state index in [0.29, 0.717) is 42.5 Å². The first-order valence-electron chi connectivity index (χ1n) is 12.2. The molecule has 4 aliphatic rings. The third-order valence-corrected chi connectivity index (χ3v) is 7.69. The number of nitrogens with one attached hydrogen (secondary N) is 1. The van der Waals surface area contributed by atoms with Crippen LogP contribution in [0.5, 0.6) is 5.75 Å². The van der Waals surface area contributed by atoms with Crippen LogP contribution in [0.1, 0.15) is 56.0 Å². The Balaban J connectivity index is 1.29. The van der Waals surface area contributed by atoms with E-state index in [2.05, 4.69) is 24.1 Å². The van der Waals surface area contributed by atoms with E-state index in [4.69, 9.17) is 9.47 Å². The number of hydrogen-bond acceptors (Lipinski definition) is 6. The Kier molecular flexibility index (Phi) is 5.91. The molecule has 5 atom stereocenters. The van der Waals surface area contributed by atoms with Gasteiger partial charge in [-0.2, -0.15) is 0 Å². The lowest BCUT2D eigenvalue weighted by molar-refractivity contribution is -0.136. The minimum absolute atomic E-state index is 0.0870. The lowest BCUT2D eigenvalue weighted by Gasteiger charge is -2.46. The summed E-state index contributed by atoms with van der Waals surface area (Å²) < 4.78 is 12.3. The average molecular weight is 456 g/mol. The Morgan fingerprint density at radius 1 is 1.12 bits per heavy atom. The van der Waals surface area contributed by atoms with Gasteiger partial charge in [-0.1, -0.05) is 13.8 Å². The molecule has 1 N–H and O–H groups in total.